The number of carbonyl (C=O) groups is 1. The Hall–Kier alpha value is -1.35. The second kappa shape index (κ2) is 5.32. The molecule has 0 atom stereocenters. The van der Waals surface area contributed by atoms with Crippen LogP contribution < -0.4 is 11.1 Å². The highest BCUT2D eigenvalue weighted by atomic mass is 16.2. The van der Waals surface area contributed by atoms with Crippen LogP contribution in [0.5, 0.6) is 0 Å². The first-order valence-corrected chi connectivity index (χ1v) is 5.96. The van der Waals surface area contributed by atoms with Gasteiger partial charge in [-0.2, -0.15) is 0 Å². The molecule has 0 saturated heterocycles. The second-order valence-electron chi connectivity index (χ2n) is 5.12. The van der Waals surface area contributed by atoms with Crippen molar-refractivity contribution in [1.82, 2.24) is 0 Å². The minimum atomic E-state index is -0.426. The van der Waals surface area contributed by atoms with Crippen LogP contribution in [0.1, 0.15) is 31.4 Å². The Morgan fingerprint density at radius 3 is 2.59 bits per heavy atom. The molecule has 0 aromatic heterocycles. The fraction of sp³-hybridized carbons (Fsp3) is 0.500. The van der Waals surface area contributed by atoms with Gasteiger partial charge in [-0.3, -0.25) is 4.79 Å². The van der Waals surface area contributed by atoms with Crippen LogP contribution in [-0.2, 0) is 4.79 Å². The molecule has 0 radical (unpaired) electrons. The second-order valence-corrected chi connectivity index (χ2v) is 5.12. The van der Waals surface area contributed by atoms with Crippen molar-refractivity contribution in [1.29, 1.82) is 0 Å². The van der Waals surface area contributed by atoms with Crippen molar-refractivity contribution < 1.29 is 4.79 Å². The van der Waals surface area contributed by atoms with Crippen molar-refractivity contribution >= 4 is 11.6 Å². The Kier molecular flexibility index (Phi) is 4.29. The predicted molar refractivity (Wildman–Crippen MR) is 72.0 cm³/mol. The third kappa shape index (κ3) is 3.30. The van der Waals surface area contributed by atoms with E-state index in [0.717, 1.165) is 11.3 Å². The molecule has 1 rings (SSSR count). The van der Waals surface area contributed by atoms with E-state index >= 15 is 0 Å². The fourth-order valence-corrected chi connectivity index (χ4v) is 1.65. The van der Waals surface area contributed by atoms with Crippen molar-refractivity contribution in [2.75, 3.05) is 11.9 Å². The molecule has 0 unspecified atom stereocenters. The first-order valence-electron chi connectivity index (χ1n) is 5.96. The van der Waals surface area contributed by atoms with Crippen molar-refractivity contribution in [3.63, 3.8) is 0 Å². The Morgan fingerprint density at radius 2 is 2.00 bits per heavy atom. The Balaban J connectivity index is 2.85. The lowest BCUT2D eigenvalue weighted by atomic mass is 9.88. The molecular formula is C14H22N2O. The number of rotatable bonds is 4. The van der Waals surface area contributed by atoms with E-state index in [2.05, 4.69) is 5.32 Å². The zero-order valence-corrected chi connectivity index (χ0v) is 11.1. The molecule has 0 aliphatic rings. The van der Waals surface area contributed by atoms with Gasteiger partial charge in [-0.1, -0.05) is 26.0 Å². The molecule has 0 aliphatic heterocycles. The normalized spacial score (nSPS) is 11.4. The summed E-state index contributed by atoms with van der Waals surface area (Å²) in [5.74, 6) is 0.0247. The van der Waals surface area contributed by atoms with E-state index in [1.165, 1.54) is 5.56 Å². The number of aryl methyl sites for hydroxylation is 1. The van der Waals surface area contributed by atoms with Gasteiger partial charge in [0.25, 0.3) is 0 Å². The third-order valence-corrected chi connectivity index (χ3v) is 3.24. The number of hydrogen-bond acceptors (Lipinski definition) is 2. The highest BCUT2D eigenvalue weighted by Gasteiger charge is 2.26. The maximum atomic E-state index is 12.1. The summed E-state index contributed by atoms with van der Waals surface area (Å²) >= 11 is 0. The van der Waals surface area contributed by atoms with E-state index in [1.807, 2.05) is 45.9 Å². The van der Waals surface area contributed by atoms with Gasteiger partial charge in [0.1, 0.15) is 0 Å². The molecule has 1 amide bonds. The molecule has 0 bridgehead atoms. The molecule has 3 nitrogen and oxygen atoms in total. The molecule has 0 aliphatic carbocycles. The summed E-state index contributed by atoms with van der Waals surface area (Å²) in [5, 5.41) is 2.98. The summed E-state index contributed by atoms with van der Waals surface area (Å²) < 4.78 is 0. The molecular weight excluding hydrogens is 212 g/mol. The lowest BCUT2D eigenvalue weighted by molar-refractivity contribution is -0.124. The van der Waals surface area contributed by atoms with Gasteiger partial charge in [0.15, 0.2) is 0 Å². The fourth-order valence-electron chi connectivity index (χ4n) is 1.65. The molecule has 3 heteroatoms. The van der Waals surface area contributed by atoms with Crippen LogP contribution in [0.4, 0.5) is 5.69 Å². The van der Waals surface area contributed by atoms with Gasteiger partial charge in [0.2, 0.25) is 5.91 Å². The Labute approximate surface area is 103 Å². The Morgan fingerprint density at radius 1 is 1.35 bits per heavy atom. The lowest BCUT2D eigenvalue weighted by Gasteiger charge is -2.23. The maximum Gasteiger partial charge on any atom is 0.230 e. The van der Waals surface area contributed by atoms with Crippen molar-refractivity contribution in [2.24, 2.45) is 11.1 Å². The van der Waals surface area contributed by atoms with Crippen LogP contribution >= 0.6 is 0 Å². The van der Waals surface area contributed by atoms with Gasteiger partial charge in [-0.15, -0.1) is 0 Å². The molecule has 0 saturated carbocycles. The van der Waals surface area contributed by atoms with E-state index in [0.29, 0.717) is 13.0 Å². The van der Waals surface area contributed by atoms with Crippen molar-refractivity contribution in [3.05, 3.63) is 29.3 Å². The smallest absolute Gasteiger partial charge is 0.230 e. The molecule has 1 aromatic rings. The summed E-state index contributed by atoms with van der Waals surface area (Å²) in [6.45, 7) is 8.41. The average Bonchev–Trinajstić information content (AvgIpc) is 2.24. The van der Waals surface area contributed by atoms with Gasteiger partial charge in [0.05, 0.1) is 0 Å². The van der Waals surface area contributed by atoms with Crippen LogP contribution in [-0.4, -0.2) is 12.5 Å². The number of nitrogens with one attached hydrogen (secondary N) is 1. The molecule has 1 aromatic carbocycles. The standard InChI is InChI=1S/C14H22N2O/c1-10-6-5-7-12(11(10)2)16-13(17)14(3,4)8-9-15/h5-7H,8-9,15H2,1-4H3,(H,16,17). The number of hydrogen-bond donors (Lipinski definition) is 2. The van der Waals surface area contributed by atoms with E-state index in [-0.39, 0.29) is 5.91 Å². The van der Waals surface area contributed by atoms with Crippen molar-refractivity contribution in [2.45, 2.75) is 34.1 Å². The number of amides is 1. The largest absolute Gasteiger partial charge is 0.330 e. The topological polar surface area (TPSA) is 55.1 Å². The minimum Gasteiger partial charge on any atom is -0.330 e. The number of benzene rings is 1. The van der Waals surface area contributed by atoms with Crippen LogP contribution in [0.2, 0.25) is 0 Å². The molecule has 17 heavy (non-hydrogen) atoms. The molecule has 0 heterocycles. The minimum absolute atomic E-state index is 0.0247. The van der Waals surface area contributed by atoms with Gasteiger partial charge < -0.3 is 11.1 Å². The van der Waals surface area contributed by atoms with Crippen LogP contribution in [0.3, 0.4) is 0 Å². The third-order valence-electron chi connectivity index (χ3n) is 3.24. The Bertz CT molecular complexity index is 411. The highest BCUT2D eigenvalue weighted by molar-refractivity contribution is 5.95. The van der Waals surface area contributed by atoms with Gasteiger partial charge in [0, 0.05) is 11.1 Å². The first kappa shape index (κ1) is 13.7. The number of nitrogens with two attached hydrogens (primary N) is 1. The molecule has 94 valence electrons. The average molecular weight is 234 g/mol. The van der Waals surface area contributed by atoms with Crippen molar-refractivity contribution in [3.8, 4) is 0 Å². The van der Waals surface area contributed by atoms with E-state index in [4.69, 9.17) is 5.73 Å². The lowest BCUT2D eigenvalue weighted by Crippen LogP contribution is -2.33. The van der Waals surface area contributed by atoms with Crippen LogP contribution in [0, 0.1) is 19.3 Å². The van der Waals surface area contributed by atoms with Crippen LogP contribution in [0.25, 0.3) is 0 Å². The van der Waals surface area contributed by atoms with E-state index < -0.39 is 5.41 Å². The predicted octanol–water partition coefficient (Wildman–Crippen LogP) is 2.62. The molecule has 0 fully saturated rings. The quantitative estimate of drug-likeness (QED) is 0.841. The highest BCUT2D eigenvalue weighted by Crippen LogP contribution is 2.24. The van der Waals surface area contributed by atoms with E-state index in [1.54, 1.807) is 0 Å². The molecule has 3 N–H and O–H groups in total. The van der Waals surface area contributed by atoms with E-state index in [9.17, 15) is 4.79 Å². The SMILES string of the molecule is Cc1cccc(NC(=O)C(C)(C)CCN)c1C. The number of anilines is 1. The molecule has 0 spiro atoms. The van der Waals surface area contributed by atoms with Gasteiger partial charge >= 0.3 is 0 Å². The summed E-state index contributed by atoms with van der Waals surface area (Å²) in [4.78, 5) is 12.1. The maximum absolute atomic E-state index is 12.1. The number of carbonyl (C=O) groups excluding carboxylic acids is 1. The summed E-state index contributed by atoms with van der Waals surface area (Å²) in [6.07, 6.45) is 0.684. The summed E-state index contributed by atoms with van der Waals surface area (Å²) in [5.41, 5.74) is 8.28. The zero-order valence-electron chi connectivity index (χ0n) is 11.1. The zero-order chi connectivity index (χ0) is 13.1. The van der Waals surface area contributed by atoms with Crippen LogP contribution in [0.15, 0.2) is 18.2 Å². The van der Waals surface area contributed by atoms with Gasteiger partial charge in [-0.05, 0) is 44.0 Å². The first-order chi connectivity index (χ1) is 7.88. The summed E-state index contributed by atoms with van der Waals surface area (Å²) in [6, 6.07) is 5.92. The summed E-state index contributed by atoms with van der Waals surface area (Å²) in [7, 11) is 0. The van der Waals surface area contributed by atoms with Gasteiger partial charge in [-0.25, -0.2) is 0 Å². The monoisotopic (exact) mass is 234 g/mol.